The van der Waals surface area contributed by atoms with Gasteiger partial charge in [-0.2, -0.15) is 5.10 Å². The maximum absolute atomic E-state index is 11.8. The van der Waals surface area contributed by atoms with Crippen LogP contribution in [0.2, 0.25) is 5.02 Å². The number of carbonyl (C=O) groups is 2. The minimum atomic E-state index is -0.993. The van der Waals surface area contributed by atoms with Crippen LogP contribution in [0.15, 0.2) is 53.6 Å². The van der Waals surface area contributed by atoms with Crippen molar-refractivity contribution in [2.75, 3.05) is 0 Å². The average Bonchev–Trinajstić information content (AvgIpc) is 2.47. The molecule has 0 aliphatic heterocycles. The number of carboxylic acid groups (broad SMARTS) is 1. The standard InChI is InChI=1S/C15H11ClN2O3/c16-13-3-1-2-12(8-13)14(19)18-17-9-10-4-6-11(7-5-10)15(20)21/h1-9H,(H,18,19)(H,20,21)/b17-9-. The van der Waals surface area contributed by atoms with E-state index in [1.54, 1.807) is 30.3 Å². The second-order valence-corrected chi connectivity index (χ2v) is 4.57. The van der Waals surface area contributed by atoms with Crippen LogP contribution in [0, 0.1) is 0 Å². The molecule has 1 amide bonds. The number of carbonyl (C=O) groups excluding carboxylic acids is 1. The summed E-state index contributed by atoms with van der Waals surface area (Å²) < 4.78 is 0. The van der Waals surface area contributed by atoms with Gasteiger partial charge in [-0.1, -0.05) is 29.8 Å². The van der Waals surface area contributed by atoms with E-state index in [9.17, 15) is 9.59 Å². The fourth-order valence-electron chi connectivity index (χ4n) is 1.57. The molecule has 0 radical (unpaired) electrons. The van der Waals surface area contributed by atoms with E-state index in [1.165, 1.54) is 24.4 Å². The maximum atomic E-state index is 11.8. The normalized spacial score (nSPS) is 10.5. The summed E-state index contributed by atoms with van der Waals surface area (Å²) in [5, 5.41) is 13.0. The number of hydrogen-bond acceptors (Lipinski definition) is 3. The Morgan fingerprint density at radius 2 is 1.81 bits per heavy atom. The van der Waals surface area contributed by atoms with Crippen molar-refractivity contribution in [1.29, 1.82) is 0 Å². The number of nitrogens with one attached hydrogen (secondary N) is 1. The number of nitrogens with zero attached hydrogens (tertiary/aromatic N) is 1. The SMILES string of the molecule is O=C(O)c1ccc(/C=N\NC(=O)c2cccc(Cl)c2)cc1. The Balaban J connectivity index is 1.99. The van der Waals surface area contributed by atoms with Crippen LogP contribution in [-0.2, 0) is 0 Å². The molecule has 2 N–H and O–H groups in total. The van der Waals surface area contributed by atoms with Gasteiger partial charge in [0, 0.05) is 10.6 Å². The Kier molecular flexibility index (Phi) is 4.68. The highest BCUT2D eigenvalue weighted by Crippen LogP contribution is 2.10. The van der Waals surface area contributed by atoms with Gasteiger partial charge in [0.25, 0.3) is 5.91 Å². The Hall–Kier alpha value is -2.66. The second kappa shape index (κ2) is 6.67. The average molecular weight is 303 g/mol. The van der Waals surface area contributed by atoms with Crippen molar-refractivity contribution >= 4 is 29.7 Å². The van der Waals surface area contributed by atoms with E-state index in [4.69, 9.17) is 16.7 Å². The maximum Gasteiger partial charge on any atom is 0.335 e. The number of benzene rings is 2. The van der Waals surface area contributed by atoms with Crippen LogP contribution in [0.4, 0.5) is 0 Å². The molecule has 0 bridgehead atoms. The molecule has 6 heteroatoms. The van der Waals surface area contributed by atoms with Crippen LogP contribution in [0.3, 0.4) is 0 Å². The largest absolute Gasteiger partial charge is 0.478 e. The summed E-state index contributed by atoms with van der Waals surface area (Å²) in [5.74, 6) is -1.37. The molecule has 0 aliphatic rings. The van der Waals surface area contributed by atoms with Gasteiger partial charge >= 0.3 is 5.97 Å². The number of aromatic carboxylic acids is 1. The molecule has 106 valence electrons. The fraction of sp³-hybridized carbons (Fsp3) is 0. The van der Waals surface area contributed by atoms with E-state index in [0.717, 1.165) is 0 Å². The first-order valence-corrected chi connectivity index (χ1v) is 6.36. The molecule has 0 atom stereocenters. The number of halogens is 1. The number of hydrogen-bond donors (Lipinski definition) is 2. The third-order valence-electron chi connectivity index (χ3n) is 2.62. The van der Waals surface area contributed by atoms with Gasteiger partial charge in [-0.05, 0) is 35.9 Å². The van der Waals surface area contributed by atoms with Crippen LogP contribution in [-0.4, -0.2) is 23.2 Å². The van der Waals surface area contributed by atoms with Crippen LogP contribution in [0.5, 0.6) is 0 Å². The minimum Gasteiger partial charge on any atom is -0.478 e. The number of hydrazone groups is 1. The zero-order valence-corrected chi connectivity index (χ0v) is 11.5. The predicted molar refractivity (Wildman–Crippen MR) is 79.9 cm³/mol. The lowest BCUT2D eigenvalue weighted by Gasteiger charge is -2.00. The number of amides is 1. The summed E-state index contributed by atoms with van der Waals surface area (Å²) in [6.45, 7) is 0. The summed E-state index contributed by atoms with van der Waals surface area (Å²) in [6.07, 6.45) is 1.42. The Labute approximate surface area is 125 Å². The van der Waals surface area contributed by atoms with Crippen LogP contribution in [0.25, 0.3) is 0 Å². The minimum absolute atomic E-state index is 0.190. The zero-order chi connectivity index (χ0) is 15.2. The molecule has 0 aliphatic carbocycles. The topological polar surface area (TPSA) is 78.8 Å². The summed E-state index contributed by atoms with van der Waals surface area (Å²) in [7, 11) is 0. The van der Waals surface area contributed by atoms with E-state index < -0.39 is 5.97 Å². The van der Waals surface area contributed by atoms with Gasteiger partial charge in [-0.3, -0.25) is 4.79 Å². The lowest BCUT2D eigenvalue weighted by Crippen LogP contribution is -2.17. The van der Waals surface area contributed by atoms with Crippen LogP contribution in [0.1, 0.15) is 26.3 Å². The van der Waals surface area contributed by atoms with Gasteiger partial charge in [-0.25, -0.2) is 10.2 Å². The summed E-state index contributed by atoms with van der Waals surface area (Å²) >= 11 is 5.79. The molecule has 2 rings (SSSR count). The third-order valence-corrected chi connectivity index (χ3v) is 2.86. The molecule has 2 aromatic carbocycles. The van der Waals surface area contributed by atoms with E-state index in [-0.39, 0.29) is 11.5 Å². The van der Waals surface area contributed by atoms with Crippen molar-refractivity contribution in [2.45, 2.75) is 0 Å². The highest BCUT2D eigenvalue weighted by molar-refractivity contribution is 6.30. The molecule has 0 heterocycles. The molecular formula is C15H11ClN2O3. The third kappa shape index (κ3) is 4.15. The van der Waals surface area contributed by atoms with Gasteiger partial charge in [0.1, 0.15) is 0 Å². The zero-order valence-electron chi connectivity index (χ0n) is 10.8. The van der Waals surface area contributed by atoms with Crippen LogP contribution >= 0.6 is 11.6 Å². The van der Waals surface area contributed by atoms with Crippen molar-refractivity contribution in [1.82, 2.24) is 5.43 Å². The van der Waals surface area contributed by atoms with Crippen molar-refractivity contribution < 1.29 is 14.7 Å². The molecule has 0 saturated carbocycles. The van der Waals surface area contributed by atoms with Gasteiger partial charge < -0.3 is 5.11 Å². The van der Waals surface area contributed by atoms with Crippen LogP contribution < -0.4 is 5.43 Å². The first kappa shape index (κ1) is 14.7. The highest BCUT2D eigenvalue weighted by Gasteiger charge is 2.04. The smallest absolute Gasteiger partial charge is 0.335 e. The molecule has 5 nitrogen and oxygen atoms in total. The first-order chi connectivity index (χ1) is 10.1. The van der Waals surface area contributed by atoms with Crippen molar-refractivity contribution in [3.05, 3.63) is 70.2 Å². The second-order valence-electron chi connectivity index (χ2n) is 4.14. The molecule has 0 aromatic heterocycles. The van der Waals surface area contributed by atoms with E-state index >= 15 is 0 Å². The fourth-order valence-corrected chi connectivity index (χ4v) is 1.76. The molecule has 2 aromatic rings. The molecule has 0 unspecified atom stereocenters. The van der Waals surface area contributed by atoms with Crippen molar-refractivity contribution in [3.8, 4) is 0 Å². The van der Waals surface area contributed by atoms with Gasteiger partial charge in [0.15, 0.2) is 0 Å². The van der Waals surface area contributed by atoms with Gasteiger partial charge in [-0.15, -0.1) is 0 Å². The van der Waals surface area contributed by atoms with Crippen molar-refractivity contribution in [3.63, 3.8) is 0 Å². The Morgan fingerprint density at radius 3 is 2.43 bits per heavy atom. The van der Waals surface area contributed by atoms with Gasteiger partial charge in [0.05, 0.1) is 11.8 Å². The molecule has 0 fully saturated rings. The summed E-state index contributed by atoms with van der Waals surface area (Å²) in [4.78, 5) is 22.5. The van der Waals surface area contributed by atoms with E-state index in [0.29, 0.717) is 16.1 Å². The predicted octanol–water partition coefficient (Wildman–Crippen LogP) is 2.80. The first-order valence-electron chi connectivity index (χ1n) is 5.98. The van der Waals surface area contributed by atoms with E-state index in [2.05, 4.69) is 10.5 Å². The van der Waals surface area contributed by atoms with E-state index in [1.807, 2.05) is 0 Å². The number of carboxylic acids is 1. The highest BCUT2D eigenvalue weighted by atomic mass is 35.5. The lowest BCUT2D eigenvalue weighted by atomic mass is 10.1. The summed E-state index contributed by atoms with van der Waals surface area (Å²) in [5.41, 5.74) is 3.63. The Bertz CT molecular complexity index is 696. The molecule has 0 saturated heterocycles. The molecular weight excluding hydrogens is 292 g/mol. The molecule has 21 heavy (non-hydrogen) atoms. The summed E-state index contributed by atoms with van der Waals surface area (Å²) in [6, 6.07) is 12.6. The van der Waals surface area contributed by atoms with Crippen molar-refractivity contribution in [2.24, 2.45) is 5.10 Å². The Morgan fingerprint density at radius 1 is 1.10 bits per heavy atom. The monoisotopic (exact) mass is 302 g/mol. The molecule has 0 spiro atoms. The quantitative estimate of drug-likeness (QED) is 0.673. The van der Waals surface area contributed by atoms with Gasteiger partial charge in [0.2, 0.25) is 0 Å². The number of rotatable bonds is 4. The lowest BCUT2D eigenvalue weighted by molar-refractivity contribution is 0.0696.